The van der Waals surface area contributed by atoms with Crippen molar-refractivity contribution in [1.82, 2.24) is 19.5 Å². The zero-order valence-electron chi connectivity index (χ0n) is 44.9. The maximum Gasteiger partial charge on any atom is 0.305 e. The molecule has 0 amide bonds. The number of unbranched alkanes of at least 4 members (excludes halogenated alkanes) is 24. The number of anilines is 1. The number of carbonyl (C=O) groups excluding carboxylic acids is 2. The van der Waals surface area contributed by atoms with E-state index in [0.717, 1.165) is 55.2 Å². The van der Waals surface area contributed by atoms with Gasteiger partial charge in [0.2, 0.25) is 5.95 Å². The summed E-state index contributed by atoms with van der Waals surface area (Å²) in [5.41, 5.74) is 1.71. The second-order valence-electron chi connectivity index (χ2n) is 19.9. The Hall–Kier alpha value is -5.49. The molecule has 0 radical (unpaired) electrons. The minimum Gasteiger partial charge on any atom is -0.497 e. The minimum absolute atomic E-state index is 0.0880. The molecule has 3 aromatic carbocycles. The van der Waals surface area contributed by atoms with Crippen molar-refractivity contribution in [3.05, 3.63) is 118 Å². The van der Waals surface area contributed by atoms with E-state index in [1.54, 1.807) is 11.7 Å². The van der Waals surface area contributed by atoms with Gasteiger partial charge in [-0.3, -0.25) is 23.9 Å². The van der Waals surface area contributed by atoms with Gasteiger partial charge < -0.3 is 24.3 Å². The second-order valence-corrected chi connectivity index (χ2v) is 19.9. The number of hydrogen-bond acceptors (Lipinski definition) is 10. The molecule has 0 saturated heterocycles. The van der Waals surface area contributed by atoms with E-state index in [0.29, 0.717) is 18.6 Å². The van der Waals surface area contributed by atoms with Crippen LogP contribution in [0.1, 0.15) is 210 Å². The molecule has 73 heavy (non-hydrogen) atoms. The number of rotatable bonds is 41. The van der Waals surface area contributed by atoms with Crippen LogP contribution in [0.15, 0.2) is 96.1 Å². The van der Waals surface area contributed by atoms with Crippen LogP contribution in [0.5, 0.6) is 5.75 Å². The van der Waals surface area contributed by atoms with Crippen LogP contribution in [0, 0.1) is 0 Å². The lowest BCUT2D eigenvalue weighted by Crippen LogP contribution is -2.39. The zero-order valence-corrected chi connectivity index (χ0v) is 44.9. The molecule has 0 aliphatic rings. The number of benzene rings is 3. The Bertz CT molecular complexity index is 2210. The van der Waals surface area contributed by atoms with E-state index >= 15 is 0 Å². The molecule has 0 aliphatic heterocycles. The SMILES string of the molecule is CCCCCCCCCCCCCCCC(=O)OCC(COC(=O)CCCCCCCCCCCCCCC)OCn1cnc2c(=O)[nH]c(NC(c3ccccc3)(c3ccccc3)c3ccc(OC)cc3)nc21. The Morgan fingerprint density at radius 3 is 1.41 bits per heavy atom. The third-order valence-corrected chi connectivity index (χ3v) is 14.0. The van der Waals surface area contributed by atoms with Crippen molar-refractivity contribution in [2.45, 2.75) is 212 Å². The molecule has 0 atom stereocenters. The number of ether oxygens (including phenoxy) is 4. The summed E-state index contributed by atoms with van der Waals surface area (Å²) in [6, 6.07) is 27.8. The molecular weight excluding hydrogens is 915 g/mol. The van der Waals surface area contributed by atoms with Crippen LogP contribution in [0.25, 0.3) is 11.2 Å². The standard InChI is InChI=1S/C61H89N5O7/c1-4-6-8-10-12-14-16-18-20-22-24-26-34-40-55(67)71-46-54(47-72-56(68)41-35-27-25-23-21-19-17-15-13-11-9-7-5-2)73-49-66-48-62-57-58(66)63-60(64-59(57)69)65-61(50-36-30-28-31-37-50,51-38-32-29-33-39-51)52-42-44-53(70-3)45-43-52/h28-33,36-39,42-45,48,54H,4-27,34-35,40-41,46-47,49H2,1-3H3,(H2,63,64,65,69). The lowest BCUT2D eigenvalue weighted by atomic mass is 9.77. The average molecular weight is 1000 g/mol. The first-order valence-electron chi connectivity index (χ1n) is 28.3. The monoisotopic (exact) mass is 1000 g/mol. The highest BCUT2D eigenvalue weighted by Crippen LogP contribution is 2.40. The van der Waals surface area contributed by atoms with Gasteiger partial charge in [-0.05, 0) is 41.7 Å². The molecule has 2 N–H and O–H groups in total. The summed E-state index contributed by atoms with van der Waals surface area (Å²) in [5.74, 6) is 0.319. The second kappa shape index (κ2) is 34.8. The number of fused-ring (bicyclic) bond motifs is 1. The van der Waals surface area contributed by atoms with Gasteiger partial charge in [-0.1, -0.05) is 241 Å². The number of methoxy groups -OCH3 is 1. The topological polar surface area (TPSA) is 147 Å². The van der Waals surface area contributed by atoms with Crippen molar-refractivity contribution < 1.29 is 28.5 Å². The molecule has 2 aromatic heterocycles. The largest absolute Gasteiger partial charge is 0.497 e. The number of carbonyl (C=O) groups is 2. The molecule has 0 unspecified atom stereocenters. The smallest absolute Gasteiger partial charge is 0.305 e. The highest BCUT2D eigenvalue weighted by Gasteiger charge is 2.37. The van der Waals surface area contributed by atoms with Crippen molar-refractivity contribution in [1.29, 1.82) is 0 Å². The van der Waals surface area contributed by atoms with Crippen LogP contribution < -0.4 is 15.6 Å². The van der Waals surface area contributed by atoms with Crippen LogP contribution in [-0.4, -0.2) is 57.9 Å². The Morgan fingerprint density at radius 2 is 0.986 bits per heavy atom. The fourth-order valence-corrected chi connectivity index (χ4v) is 9.64. The Labute approximate surface area is 437 Å². The van der Waals surface area contributed by atoms with Crippen molar-refractivity contribution >= 4 is 29.1 Å². The number of esters is 2. The summed E-state index contributed by atoms with van der Waals surface area (Å²) >= 11 is 0. The molecule has 2 heterocycles. The molecule has 0 saturated carbocycles. The number of aromatic nitrogens is 4. The number of H-pyrrole nitrogens is 1. The Kier molecular flexibility index (Phi) is 27.9. The molecular formula is C61H89N5O7. The van der Waals surface area contributed by atoms with Crippen LogP contribution in [-0.2, 0) is 36.1 Å². The lowest BCUT2D eigenvalue weighted by molar-refractivity contribution is -0.157. The zero-order chi connectivity index (χ0) is 51.6. The molecule has 12 heteroatoms. The van der Waals surface area contributed by atoms with Gasteiger partial charge in [-0.2, -0.15) is 4.98 Å². The predicted molar refractivity (Wildman–Crippen MR) is 295 cm³/mol. The minimum atomic E-state index is -1.00. The van der Waals surface area contributed by atoms with E-state index in [2.05, 4.69) is 29.1 Å². The van der Waals surface area contributed by atoms with Crippen molar-refractivity contribution in [2.75, 3.05) is 25.6 Å². The number of hydrogen-bond donors (Lipinski definition) is 2. The van der Waals surface area contributed by atoms with Gasteiger partial charge in [0.05, 0.1) is 13.4 Å². The molecule has 5 rings (SSSR count). The van der Waals surface area contributed by atoms with Crippen LogP contribution >= 0.6 is 0 Å². The van der Waals surface area contributed by atoms with Gasteiger partial charge in [0.25, 0.3) is 5.56 Å². The highest BCUT2D eigenvalue weighted by atomic mass is 16.6. The summed E-state index contributed by atoms with van der Waals surface area (Å²) in [5, 5.41) is 3.64. The summed E-state index contributed by atoms with van der Waals surface area (Å²) in [6.45, 7) is 4.25. The van der Waals surface area contributed by atoms with Crippen LogP contribution in [0.3, 0.4) is 0 Å². The van der Waals surface area contributed by atoms with Crippen molar-refractivity contribution in [3.8, 4) is 5.75 Å². The van der Waals surface area contributed by atoms with E-state index in [1.807, 2.05) is 84.9 Å². The molecule has 12 nitrogen and oxygen atoms in total. The number of imidazole rings is 1. The van der Waals surface area contributed by atoms with Crippen molar-refractivity contribution in [3.63, 3.8) is 0 Å². The van der Waals surface area contributed by atoms with E-state index in [-0.39, 0.29) is 49.0 Å². The fraction of sp³-hybridized carbons (Fsp3) is 0.590. The lowest BCUT2D eigenvalue weighted by Gasteiger charge is -2.37. The molecule has 0 spiro atoms. The summed E-state index contributed by atoms with van der Waals surface area (Å²) in [4.78, 5) is 52.1. The van der Waals surface area contributed by atoms with Gasteiger partial charge in [-0.25, -0.2) is 4.98 Å². The molecule has 5 aromatic rings. The third kappa shape index (κ3) is 20.7. The van der Waals surface area contributed by atoms with Crippen molar-refractivity contribution in [2.24, 2.45) is 0 Å². The average Bonchev–Trinajstić information content (AvgIpc) is 3.84. The van der Waals surface area contributed by atoms with Gasteiger partial charge in [0.15, 0.2) is 11.2 Å². The molecule has 0 aliphatic carbocycles. The van der Waals surface area contributed by atoms with Crippen LogP contribution in [0.2, 0.25) is 0 Å². The van der Waals surface area contributed by atoms with Gasteiger partial charge >= 0.3 is 11.9 Å². The van der Waals surface area contributed by atoms with Gasteiger partial charge in [0, 0.05) is 12.8 Å². The summed E-state index contributed by atoms with van der Waals surface area (Å²) in [6.07, 6.45) is 33.3. The number of nitrogens with one attached hydrogen (secondary N) is 2. The van der Waals surface area contributed by atoms with Gasteiger partial charge in [-0.15, -0.1) is 0 Å². The maximum atomic E-state index is 13.8. The first kappa shape index (κ1) is 58.4. The van der Waals surface area contributed by atoms with E-state index in [9.17, 15) is 14.4 Å². The first-order chi connectivity index (χ1) is 35.9. The van der Waals surface area contributed by atoms with Gasteiger partial charge in [0.1, 0.15) is 37.3 Å². The number of nitrogens with zero attached hydrogens (tertiary/aromatic N) is 3. The van der Waals surface area contributed by atoms with E-state index < -0.39 is 17.2 Å². The normalized spacial score (nSPS) is 11.6. The Balaban J connectivity index is 1.19. The van der Waals surface area contributed by atoms with E-state index in [1.165, 1.54) is 135 Å². The maximum absolute atomic E-state index is 13.8. The third-order valence-electron chi connectivity index (χ3n) is 14.0. The van der Waals surface area contributed by atoms with E-state index in [4.69, 9.17) is 23.9 Å². The summed E-state index contributed by atoms with van der Waals surface area (Å²) in [7, 11) is 1.63. The van der Waals surface area contributed by atoms with Crippen LogP contribution in [0.4, 0.5) is 5.95 Å². The Morgan fingerprint density at radius 1 is 0.575 bits per heavy atom. The highest BCUT2D eigenvalue weighted by molar-refractivity contribution is 5.72. The predicted octanol–water partition coefficient (Wildman–Crippen LogP) is 14.9. The number of aromatic amines is 1. The first-order valence-corrected chi connectivity index (χ1v) is 28.3. The molecule has 0 fully saturated rings. The quantitative estimate of drug-likeness (QED) is 0.0220. The molecule has 400 valence electrons. The summed E-state index contributed by atoms with van der Waals surface area (Å²) < 4.78 is 25.0. The molecule has 0 bridgehead atoms. The fourth-order valence-electron chi connectivity index (χ4n) is 9.64.